The van der Waals surface area contributed by atoms with E-state index in [1.54, 1.807) is 0 Å². The lowest BCUT2D eigenvalue weighted by atomic mass is 9.94. The van der Waals surface area contributed by atoms with Gasteiger partial charge in [0.2, 0.25) is 0 Å². The van der Waals surface area contributed by atoms with Crippen molar-refractivity contribution in [1.29, 1.82) is 0 Å². The van der Waals surface area contributed by atoms with E-state index in [0.717, 1.165) is 5.57 Å². The van der Waals surface area contributed by atoms with Gasteiger partial charge in [-0.15, -0.1) is 34.0 Å². The number of rotatable bonds is 5. The number of hydrogen-bond acceptors (Lipinski definition) is 3. The monoisotopic (exact) mass is 640 g/mol. The van der Waals surface area contributed by atoms with E-state index in [2.05, 4.69) is 146 Å². The van der Waals surface area contributed by atoms with Crippen molar-refractivity contribution < 1.29 is 0 Å². The van der Waals surface area contributed by atoms with Gasteiger partial charge in [-0.25, -0.2) is 0 Å². The van der Waals surface area contributed by atoms with Crippen LogP contribution in [0.5, 0.6) is 0 Å². The van der Waals surface area contributed by atoms with E-state index in [1.807, 2.05) is 34.0 Å². The quantitative estimate of drug-likeness (QED) is 0.164. The van der Waals surface area contributed by atoms with Crippen LogP contribution in [0.2, 0.25) is 0 Å². The maximum Gasteiger partial charge on any atom is 0.0433 e. The molecule has 0 aliphatic heterocycles. The van der Waals surface area contributed by atoms with Gasteiger partial charge >= 0.3 is 0 Å². The van der Waals surface area contributed by atoms with Gasteiger partial charge in [0.05, 0.1) is 0 Å². The van der Waals surface area contributed by atoms with E-state index in [1.165, 1.54) is 88.4 Å². The van der Waals surface area contributed by atoms with Crippen molar-refractivity contribution >= 4 is 111 Å². The Morgan fingerprint density at radius 1 is 0.435 bits per heavy atom. The summed E-state index contributed by atoms with van der Waals surface area (Å²) in [6.45, 7) is 6.96. The second kappa shape index (κ2) is 10.9. The normalized spacial score (nSPS) is 12.8. The van der Waals surface area contributed by atoms with E-state index < -0.39 is 0 Å². The highest BCUT2D eigenvalue weighted by atomic mass is 32.1. The first-order valence-electron chi connectivity index (χ1n) is 15.4. The number of benzene rings is 6. The Kier molecular flexibility index (Phi) is 6.53. The van der Waals surface area contributed by atoms with Crippen LogP contribution in [0, 0.1) is 0 Å². The molecule has 0 saturated heterocycles. The standard InChI is InChI=1S/C43H28S3/c1-26(29-15-9-18-35-32-12-3-6-21-38(32)44-41(29)35)24-28(31-17-11-20-37-34-14-5-8-23-40(34)46-43(31)37)25-27(2)30-16-10-19-36-33-13-4-7-22-39(33)45-42(30)36/h3-25H,1H2,2H3/b27-25+,28-24+. The zero-order valence-electron chi connectivity index (χ0n) is 25.2. The van der Waals surface area contributed by atoms with Crippen molar-refractivity contribution in [3.63, 3.8) is 0 Å². The van der Waals surface area contributed by atoms with Gasteiger partial charge in [0.1, 0.15) is 0 Å². The predicted octanol–water partition coefficient (Wildman–Crippen LogP) is 14.0. The first kappa shape index (κ1) is 27.5. The van der Waals surface area contributed by atoms with Crippen LogP contribution in [-0.2, 0) is 0 Å². The summed E-state index contributed by atoms with van der Waals surface area (Å²) >= 11 is 5.62. The minimum atomic E-state index is 1.02. The molecule has 0 nitrogen and oxygen atoms in total. The van der Waals surface area contributed by atoms with Crippen LogP contribution in [0.4, 0.5) is 0 Å². The third-order valence-electron chi connectivity index (χ3n) is 9.00. The summed E-state index contributed by atoms with van der Waals surface area (Å²) in [5.74, 6) is 0. The summed E-state index contributed by atoms with van der Waals surface area (Å²) in [6, 6.07) is 46.3. The van der Waals surface area contributed by atoms with Crippen molar-refractivity contribution in [3.05, 3.63) is 163 Å². The maximum atomic E-state index is 4.70. The van der Waals surface area contributed by atoms with Crippen LogP contribution in [0.3, 0.4) is 0 Å². The van der Waals surface area contributed by atoms with Crippen LogP contribution in [0.15, 0.2) is 146 Å². The fourth-order valence-corrected chi connectivity index (χ4v) is 10.6. The Balaban J connectivity index is 1.27. The highest BCUT2D eigenvalue weighted by molar-refractivity contribution is 7.27. The van der Waals surface area contributed by atoms with Crippen LogP contribution < -0.4 is 0 Å². The summed E-state index contributed by atoms with van der Waals surface area (Å²) < 4.78 is 7.89. The summed E-state index contributed by atoms with van der Waals surface area (Å²) in [7, 11) is 0. The molecule has 3 aromatic heterocycles. The second-order valence-electron chi connectivity index (χ2n) is 11.8. The molecule has 3 heterocycles. The Morgan fingerprint density at radius 2 is 0.826 bits per heavy atom. The zero-order chi connectivity index (χ0) is 30.8. The molecule has 0 N–H and O–H groups in total. The molecule has 46 heavy (non-hydrogen) atoms. The summed E-state index contributed by atoms with van der Waals surface area (Å²) in [6.07, 6.45) is 4.70. The Hall–Kier alpha value is -4.80. The topological polar surface area (TPSA) is 0 Å². The van der Waals surface area contributed by atoms with Gasteiger partial charge in [-0.1, -0.05) is 122 Å². The Labute approximate surface area is 279 Å². The third-order valence-corrected chi connectivity index (χ3v) is 12.7. The minimum Gasteiger partial charge on any atom is -0.135 e. The average molecular weight is 641 g/mol. The molecule has 0 aliphatic carbocycles. The Bertz CT molecular complexity index is 2720. The summed E-state index contributed by atoms with van der Waals surface area (Å²) in [5.41, 5.74) is 7.16. The molecule has 0 unspecified atom stereocenters. The molecule has 0 atom stereocenters. The number of thiophene rings is 3. The molecule has 0 saturated carbocycles. The molecule has 218 valence electrons. The van der Waals surface area contributed by atoms with Crippen molar-refractivity contribution in [3.8, 4) is 0 Å². The highest BCUT2D eigenvalue weighted by Crippen LogP contribution is 2.43. The van der Waals surface area contributed by atoms with Crippen molar-refractivity contribution in [2.75, 3.05) is 0 Å². The highest BCUT2D eigenvalue weighted by Gasteiger charge is 2.15. The van der Waals surface area contributed by atoms with Gasteiger partial charge in [-0.3, -0.25) is 0 Å². The molecule has 6 aromatic carbocycles. The lowest BCUT2D eigenvalue weighted by Crippen LogP contribution is -1.88. The van der Waals surface area contributed by atoms with Gasteiger partial charge in [0, 0.05) is 60.5 Å². The summed E-state index contributed by atoms with van der Waals surface area (Å²) in [4.78, 5) is 0. The second-order valence-corrected chi connectivity index (χ2v) is 15.0. The lowest BCUT2D eigenvalue weighted by molar-refractivity contribution is 1.63. The van der Waals surface area contributed by atoms with Crippen LogP contribution in [-0.4, -0.2) is 0 Å². The molecule has 0 fully saturated rings. The molecule has 0 aliphatic rings. The van der Waals surface area contributed by atoms with Crippen molar-refractivity contribution in [2.24, 2.45) is 0 Å². The van der Waals surface area contributed by atoms with E-state index in [-0.39, 0.29) is 0 Å². The number of allylic oxidation sites excluding steroid dienone is 5. The van der Waals surface area contributed by atoms with Crippen molar-refractivity contribution in [2.45, 2.75) is 6.92 Å². The van der Waals surface area contributed by atoms with Crippen LogP contribution >= 0.6 is 34.0 Å². The molecular weight excluding hydrogens is 613 g/mol. The SMILES string of the molecule is C=C(/C=C(\C=C(/C)c1cccc2c1sc1ccccc12)c1cccc2c1sc1ccccc12)c1cccc2c1sc1ccccc12. The van der Waals surface area contributed by atoms with Gasteiger partial charge in [0.25, 0.3) is 0 Å². The molecule has 3 heteroatoms. The zero-order valence-corrected chi connectivity index (χ0v) is 27.7. The largest absolute Gasteiger partial charge is 0.135 e. The number of fused-ring (bicyclic) bond motifs is 9. The van der Waals surface area contributed by atoms with E-state index in [9.17, 15) is 0 Å². The van der Waals surface area contributed by atoms with E-state index >= 15 is 0 Å². The van der Waals surface area contributed by atoms with E-state index in [4.69, 9.17) is 6.58 Å². The number of hydrogen-bond donors (Lipinski definition) is 0. The molecule has 9 aromatic rings. The predicted molar refractivity (Wildman–Crippen MR) is 209 cm³/mol. The first-order valence-corrected chi connectivity index (χ1v) is 17.9. The molecular formula is C43H28S3. The average Bonchev–Trinajstić information content (AvgIpc) is 3.79. The van der Waals surface area contributed by atoms with Gasteiger partial charge in [-0.05, 0) is 64.6 Å². The minimum absolute atomic E-state index is 1.02. The molecule has 9 rings (SSSR count). The molecule has 0 bridgehead atoms. The Morgan fingerprint density at radius 3 is 1.35 bits per heavy atom. The third kappa shape index (κ3) is 4.39. The van der Waals surface area contributed by atoms with Crippen LogP contribution in [0.25, 0.3) is 77.2 Å². The fraction of sp³-hybridized carbons (Fsp3) is 0.0233. The first-order chi connectivity index (χ1) is 22.6. The fourth-order valence-electron chi connectivity index (χ4n) is 6.81. The van der Waals surface area contributed by atoms with Crippen LogP contribution in [0.1, 0.15) is 23.6 Å². The van der Waals surface area contributed by atoms with Gasteiger partial charge < -0.3 is 0 Å². The molecule has 0 spiro atoms. The van der Waals surface area contributed by atoms with Gasteiger partial charge in [-0.2, -0.15) is 0 Å². The van der Waals surface area contributed by atoms with E-state index in [0.29, 0.717) is 0 Å². The smallest absolute Gasteiger partial charge is 0.0433 e. The molecule has 0 amide bonds. The maximum absolute atomic E-state index is 4.70. The summed E-state index contributed by atoms with van der Waals surface area (Å²) in [5, 5.41) is 7.87. The van der Waals surface area contributed by atoms with Gasteiger partial charge in [0.15, 0.2) is 0 Å². The van der Waals surface area contributed by atoms with Crippen molar-refractivity contribution in [1.82, 2.24) is 0 Å². The molecule has 0 radical (unpaired) electrons. The lowest BCUT2D eigenvalue weighted by Gasteiger charge is -2.11.